The quantitative estimate of drug-likeness (QED) is 0.821. The van der Waals surface area contributed by atoms with Gasteiger partial charge in [0.2, 0.25) is 15.9 Å². The van der Waals surface area contributed by atoms with Crippen molar-refractivity contribution in [1.82, 2.24) is 4.31 Å². The second kappa shape index (κ2) is 8.27. The minimum atomic E-state index is -3.53. The highest BCUT2D eigenvalue weighted by atomic mass is 32.2. The molecule has 1 amide bonds. The maximum absolute atomic E-state index is 13.0. The molecule has 5 nitrogen and oxygen atoms in total. The van der Waals surface area contributed by atoms with Crippen molar-refractivity contribution in [2.24, 2.45) is 0 Å². The summed E-state index contributed by atoms with van der Waals surface area (Å²) in [5, 5.41) is 2.71. The molecule has 1 atom stereocenters. The zero-order valence-corrected chi connectivity index (χ0v) is 17.3. The lowest BCUT2D eigenvalue weighted by atomic mass is 10.1. The Balaban J connectivity index is 1.47. The fourth-order valence-corrected chi connectivity index (χ4v) is 6.48. The maximum atomic E-state index is 13.0. The first kappa shape index (κ1) is 19.5. The number of carbonyl (C=O) groups excluding carboxylic acids is 1. The lowest BCUT2D eigenvalue weighted by molar-refractivity contribution is -0.115. The van der Waals surface area contributed by atoms with Gasteiger partial charge < -0.3 is 5.32 Å². The van der Waals surface area contributed by atoms with Gasteiger partial charge >= 0.3 is 0 Å². The number of hydrogen-bond acceptors (Lipinski definition) is 4. The van der Waals surface area contributed by atoms with Crippen LogP contribution < -0.4 is 5.32 Å². The highest BCUT2D eigenvalue weighted by Crippen LogP contribution is 2.37. The van der Waals surface area contributed by atoms with E-state index < -0.39 is 10.0 Å². The summed E-state index contributed by atoms with van der Waals surface area (Å²) in [6.45, 7) is 1.13. The van der Waals surface area contributed by atoms with Crippen LogP contribution in [0.5, 0.6) is 0 Å². The van der Waals surface area contributed by atoms with Gasteiger partial charge in [-0.25, -0.2) is 8.42 Å². The van der Waals surface area contributed by atoms with Crippen LogP contribution in [-0.2, 0) is 21.2 Å². The number of thioether (sulfide) groups is 1. The van der Waals surface area contributed by atoms with Crippen LogP contribution in [0.15, 0.2) is 58.3 Å². The molecule has 0 unspecified atom stereocenters. The fourth-order valence-electron chi connectivity index (χ4n) is 3.72. The average Bonchev–Trinajstić information content (AvgIpc) is 2.94. The van der Waals surface area contributed by atoms with Gasteiger partial charge in [0, 0.05) is 23.7 Å². The Morgan fingerprint density at radius 3 is 2.50 bits per heavy atom. The highest BCUT2D eigenvalue weighted by molar-refractivity contribution is 8.01. The molecule has 2 aromatic carbocycles. The number of nitrogens with zero attached hydrogens (tertiary/aromatic N) is 1. The second-order valence-electron chi connectivity index (χ2n) is 7.25. The van der Waals surface area contributed by atoms with Crippen molar-refractivity contribution < 1.29 is 13.2 Å². The zero-order valence-electron chi connectivity index (χ0n) is 15.6. The van der Waals surface area contributed by atoms with Gasteiger partial charge in [-0.2, -0.15) is 4.31 Å². The molecule has 1 fully saturated rings. The van der Waals surface area contributed by atoms with Crippen LogP contribution in [0, 0.1) is 0 Å². The number of rotatable bonds is 4. The summed E-state index contributed by atoms with van der Waals surface area (Å²) >= 11 is 1.56. The van der Waals surface area contributed by atoms with Gasteiger partial charge in [-0.15, -0.1) is 11.8 Å². The van der Waals surface area contributed by atoms with E-state index in [-0.39, 0.29) is 16.1 Å². The van der Waals surface area contributed by atoms with E-state index in [9.17, 15) is 13.2 Å². The molecule has 0 radical (unpaired) electrons. The minimum Gasteiger partial charge on any atom is -0.325 e. The van der Waals surface area contributed by atoms with Crippen LogP contribution in [0.3, 0.4) is 0 Å². The van der Waals surface area contributed by atoms with Gasteiger partial charge in [0.25, 0.3) is 0 Å². The summed E-state index contributed by atoms with van der Waals surface area (Å²) in [7, 11) is -3.53. The molecular formula is C21H24N2O3S2. The van der Waals surface area contributed by atoms with Gasteiger partial charge in [0.1, 0.15) is 0 Å². The van der Waals surface area contributed by atoms with Gasteiger partial charge in [-0.1, -0.05) is 37.1 Å². The van der Waals surface area contributed by atoms with Crippen molar-refractivity contribution in [1.29, 1.82) is 0 Å². The van der Waals surface area contributed by atoms with Crippen LogP contribution in [0.1, 0.15) is 31.2 Å². The molecule has 2 aromatic rings. The predicted octanol–water partition coefficient (Wildman–Crippen LogP) is 3.91. The van der Waals surface area contributed by atoms with Gasteiger partial charge in [0.15, 0.2) is 0 Å². The lowest BCUT2D eigenvalue weighted by Gasteiger charge is -2.20. The summed E-state index contributed by atoms with van der Waals surface area (Å²) in [5.74, 6) is -0.0921. The van der Waals surface area contributed by atoms with Gasteiger partial charge in [-0.05, 0) is 49.1 Å². The van der Waals surface area contributed by atoms with E-state index in [1.165, 1.54) is 5.56 Å². The summed E-state index contributed by atoms with van der Waals surface area (Å²) in [6.07, 6.45) is 4.63. The lowest BCUT2D eigenvalue weighted by Crippen LogP contribution is -2.32. The van der Waals surface area contributed by atoms with Crippen molar-refractivity contribution in [3.63, 3.8) is 0 Å². The predicted molar refractivity (Wildman–Crippen MR) is 112 cm³/mol. The summed E-state index contributed by atoms with van der Waals surface area (Å²) in [5.41, 5.74) is 1.71. The molecule has 1 saturated heterocycles. The van der Waals surface area contributed by atoms with Crippen molar-refractivity contribution in [3.8, 4) is 0 Å². The molecule has 7 heteroatoms. The Morgan fingerprint density at radius 1 is 1.00 bits per heavy atom. The van der Waals surface area contributed by atoms with Crippen molar-refractivity contribution in [2.45, 2.75) is 47.1 Å². The summed E-state index contributed by atoms with van der Waals surface area (Å²) in [6, 6.07) is 14.6. The zero-order chi connectivity index (χ0) is 19.6. The Morgan fingerprint density at radius 2 is 1.75 bits per heavy atom. The third-order valence-corrected chi connectivity index (χ3v) is 8.46. The molecular weight excluding hydrogens is 392 g/mol. The number of fused-ring (bicyclic) bond motifs is 1. The first-order valence-corrected chi connectivity index (χ1v) is 12.0. The van der Waals surface area contributed by atoms with Crippen LogP contribution in [0.4, 0.5) is 5.69 Å². The van der Waals surface area contributed by atoms with E-state index in [1.54, 1.807) is 40.3 Å². The van der Waals surface area contributed by atoms with Crippen molar-refractivity contribution in [3.05, 3.63) is 54.1 Å². The summed E-state index contributed by atoms with van der Waals surface area (Å²) in [4.78, 5) is 14.1. The number of amides is 1. The minimum absolute atomic E-state index is 0.0921. The van der Waals surface area contributed by atoms with E-state index >= 15 is 0 Å². The molecule has 28 heavy (non-hydrogen) atoms. The average molecular weight is 417 g/mol. The molecule has 2 heterocycles. The van der Waals surface area contributed by atoms with Crippen LogP contribution in [0.25, 0.3) is 0 Å². The number of sulfonamides is 1. The van der Waals surface area contributed by atoms with Crippen molar-refractivity contribution >= 4 is 33.4 Å². The number of hydrogen-bond donors (Lipinski definition) is 1. The first-order valence-electron chi connectivity index (χ1n) is 9.70. The molecule has 2 aliphatic rings. The number of anilines is 1. The molecule has 0 saturated carbocycles. The standard InChI is InChI=1S/C21H24N2O3S2/c24-21(20-14-16-8-3-4-11-19(16)27-20)22-17-9-7-10-18(15-17)28(25,26)23-12-5-1-2-6-13-23/h3-4,7-11,15,20H,1-2,5-6,12-14H2,(H,22,24)/t20-/m0/s1. The second-order valence-corrected chi connectivity index (χ2v) is 10.4. The Bertz CT molecular complexity index is 942. The number of carbonyl (C=O) groups is 1. The summed E-state index contributed by atoms with van der Waals surface area (Å²) < 4.78 is 27.6. The van der Waals surface area contributed by atoms with Crippen molar-refractivity contribution in [2.75, 3.05) is 18.4 Å². The molecule has 0 bridgehead atoms. The van der Waals surface area contributed by atoms with E-state index in [0.29, 0.717) is 25.2 Å². The molecule has 148 valence electrons. The Hall–Kier alpha value is -1.83. The Labute approximate surface area is 170 Å². The third kappa shape index (κ3) is 4.11. The van der Waals surface area contributed by atoms with Gasteiger partial charge in [-0.3, -0.25) is 4.79 Å². The van der Waals surface area contributed by atoms with Crippen LogP contribution >= 0.6 is 11.8 Å². The molecule has 0 spiro atoms. The fraction of sp³-hybridized carbons (Fsp3) is 0.381. The third-order valence-electron chi connectivity index (χ3n) is 5.24. The SMILES string of the molecule is O=C(Nc1cccc(S(=O)(=O)N2CCCCCC2)c1)[C@@H]1Cc2ccccc2S1. The number of nitrogens with one attached hydrogen (secondary N) is 1. The van der Waals surface area contributed by atoms with Crippen LogP contribution in [0.2, 0.25) is 0 Å². The van der Waals surface area contributed by atoms with E-state index in [4.69, 9.17) is 0 Å². The normalized spacial score (nSPS) is 20.4. The molecule has 4 rings (SSSR count). The van der Waals surface area contributed by atoms with E-state index in [0.717, 1.165) is 30.6 Å². The van der Waals surface area contributed by atoms with E-state index in [1.807, 2.05) is 24.3 Å². The molecule has 2 aliphatic heterocycles. The first-order chi connectivity index (χ1) is 13.5. The number of benzene rings is 2. The Kier molecular flexibility index (Phi) is 5.75. The molecule has 0 aliphatic carbocycles. The molecule has 1 N–H and O–H groups in total. The highest BCUT2D eigenvalue weighted by Gasteiger charge is 2.29. The van der Waals surface area contributed by atoms with Crippen LogP contribution in [-0.4, -0.2) is 37.0 Å². The topological polar surface area (TPSA) is 66.5 Å². The monoisotopic (exact) mass is 416 g/mol. The van der Waals surface area contributed by atoms with E-state index in [2.05, 4.69) is 5.32 Å². The smallest absolute Gasteiger partial charge is 0.243 e. The molecule has 0 aromatic heterocycles. The largest absolute Gasteiger partial charge is 0.325 e. The maximum Gasteiger partial charge on any atom is 0.243 e. The van der Waals surface area contributed by atoms with Gasteiger partial charge in [0.05, 0.1) is 10.1 Å².